The number of amides is 1. The molecule has 6 heteroatoms. The highest BCUT2D eigenvalue weighted by Gasteiger charge is 2.32. The molecule has 1 aromatic carbocycles. The van der Waals surface area contributed by atoms with Crippen LogP contribution in [0.2, 0.25) is 5.02 Å². The van der Waals surface area contributed by atoms with Crippen LogP contribution < -0.4 is 5.32 Å². The van der Waals surface area contributed by atoms with Gasteiger partial charge in [-0.25, -0.2) is 9.18 Å². The van der Waals surface area contributed by atoms with Gasteiger partial charge in [-0.15, -0.1) is 0 Å². The van der Waals surface area contributed by atoms with E-state index in [2.05, 4.69) is 5.32 Å². The summed E-state index contributed by atoms with van der Waals surface area (Å²) in [6.45, 7) is 2.90. The Labute approximate surface area is 103 Å². The Morgan fingerprint density at radius 1 is 1.53 bits per heavy atom. The minimum atomic E-state index is -1.34. The maximum Gasteiger partial charge on any atom is 0.405 e. The van der Waals surface area contributed by atoms with E-state index in [9.17, 15) is 14.3 Å². The minimum absolute atomic E-state index is 0.0451. The molecular weight excluding hydrogens is 249 g/mol. The molecule has 0 heterocycles. The van der Waals surface area contributed by atoms with E-state index in [1.807, 2.05) is 0 Å². The predicted octanol–water partition coefficient (Wildman–Crippen LogP) is 2.56. The largest absolute Gasteiger partial charge is 0.465 e. The Bertz CT molecular complexity index is 437. The van der Waals surface area contributed by atoms with Crippen LogP contribution in [0.4, 0.5) is 9.18 Å². The first-order valence-electron chi connectivity index (χ1n) is 4.89. The number of benzene rings is 1. The number of hydrogen-bond acceptors (Lipinski definition) is 2. The molecule has 3 N–H and O–H groups in total. The first-order valence-corrected chi connectivity index (χ1v) is 5.26. The molecule has 0 fully saturated rings. The summed E-state index contributed by atoms with van der Waals surface area (Å²) in [4.78, 5) is 10.6. The highest BCUT2D eigenvalue weighted by atomic mass is 35.5. The molecule has 0 aromatic heterocycles. The van der Waals surface area contributed by atoms with Crippen molar-refractivity contribution in [1.82, 2.24) is 5.32 Å². The van der Waals surface area contributed by atoms with E-state index in [-0.39, 0.29) is 10.6 Å². The lowest BCUT2D eigenvalue weighted by Crippen LogP contribution is -2.47. The van der Waals surface area contributed by atoms with Gasteiger partial charge in [-0.3, -0.25) is 0 Å². The van der Waals surface area contributed by atoms with Crippen LogP contribution >= 0.6 is 11.6 Å². The molecule has 0 radical (unpaired) electrons. The van der Waals surface area contributed by atoms with Gasteiger partial charge in [-0.05, 0) is 19.9 Å². The van der Waals surface area contributed by atoms with Crippen molar-refractivity contribution in [1.29, 1.82) is 0 Å². The zero-order valence-corrected chi connectivity index (χ0v) is 10.1. The van der Waals surface area contributed by atoms with Gasteiger partial charge >= 0.3 is 6.09 Å². The molecule has 0 aliphatic rings. The average molecular weight is 262 g/mol. The first kappa shape index (κ1) is 13.7. The molecule has 1 unspecified atom stereocenters. The van der Waals surface area contributed by atoms with Gasteiger partial charge in [0.2, 0.25) is 0 Å². The van der Waals surface area contributed by atoms with E-state index in [4.69, 9.17) is 16.7 Å². The molecule has 0 saturated heterocycles. The summed E-state index contributed by atoms with van der Waals surface area (Å²) in [7, 11) is 0. The lowest BCUT2D eigenvalue weighted by Gasteiger charge is -2.30. The Kier molecular flexibility index (Phi) is 3.95. The summed E-state index contributed by atoms with van der Waals surface area (Å²) in [6, 6.07) is 4.20. The second-order valence-electron chi connectivity index (χ2n) is 4.20. The van der Waals surface area contributed by atoms with Crippen LogP contribution in [0, 0.1) is 5.82 Å². The van der Waals surface area contributed by atoms with Crippen LogP contribution in [0.15, 0.2) is 18.2 Å². The van der Waals surface area contributed by atoms with Crippen LogP contribution in [-0.2, 0) is 0 Å². The van der Waals surface area contributed by atoms with Crippen molar-refractivity contribution < 1.29 is 19.4 Å². The van der Waals surface area contributed by atoms with Crippen LogP contribution in [-0.4, -0.2) is 21.8 Å². The number of aliphatic hydroxyl groups excluding tert-OH is 1. The van der Waals surface area contributed by atoms with Crippen molar-refractivity contribution in [3.63, 3.8) is 0 Å². The van der Waals surface area contributed by atoms with E-state index >= 15 is 0 Å². The predicted molar refractivity (Wildman–Crippen MR) is 61.6 cm³/mol. The lowest BCUT2D eigenvalue weighted by molar-refractivity contribution is 0.0748. The summed E-state index contributed by atoms with van der Waals surface area (Å²) in [5.41, 5.74) is -1.27. The Balaban J connectivity index is 3.07. The van der Waals surface area contributed by atoms with E-state index < -0.39 is 23.6 Å². The van der Waals surface area contributed by atoms with E-state index in [0.717, 1.165) is 0 Å². The Morgan fingerprint density at radius 3 is 2.65 bits per heavy atom. The normalized spacial score (nSPS) is 13.2. The lowest BCUT2D eigenvalue weighted by atomic mass is 9.91. The van der Waals surface area contributed by atoms with Gasteiger partial charge < -0.3 is 15.5 Å². The number of rotatable bonds is 3. The first-order chi connectivity index (χ1) is 7.75. The fraction of sp³-hybridized carbons (Fsp3) is 0.364. The van der Waals surface area contributed by atoms with Gasteiger partial charge in [-0.1, -0.05) is 23.7 Å². The van der Waals surface area contributed by atoms with Gasteiger partial charge in [-0.2, -0.15) is 0 Å². The highest BCUT2D eigenvalue weighted by Crippen LogP contribution is 2.30. The third kappa shape index (κ3) is 3.08. The van der Waals surface area contributed by atoms with Gasteiger partial charge in [0.25, 0.3) is 0 Å². The summed E-state index contributed by atoms with van der Waals surface area (Å²) < 4.78 is 13.7. The third-order valence-corrected chi connectivity index (χ3v) is 2.68. The quantitative estimate of drug-likeness (QED) is 0.783. The van der Waals surface area contributed by atoms with Crippen molar-refractivity contribution >= 4 is 17.7 Å². The molecule has 17 heavy (non-hydrogen) atoms. The van der Waals surface area contributed by atoms with Crippen molar-refractivity contribution in [2.75, 3.05) is 0 Å². The Morgan fingerprint density at radius 2 is 2.12 bits per heavy atom. The topological polar surface area (TPSA) is 69.6 Å². The zero-order chi connectivity index (χ0) is 13.2. The van der Waals surface area contributed by atoms with Gasteiger partial charge in [0.15, 0.2) is 0 Å². The van der Waals surface area contributed by atoms with Gasteiger partial charge in [0.05, 0.1) is 10.6 Å². The third-order valence-electron chi connectivity index (χ3n) is 2.39. The molecule has 0 spiro atoms. The summed E-state index contributed by atoms with van der Waals surface area (Å²) in [5, 5.41) is 20.6. The van der Waals surface area contributed by atoms with Crippen molar-refractivity contribution in [2.24, 2.45) is 0 Å². The summed E-state index contributed by atoms with van der Waals surface area (Å²) in [6.07, 6.45) is -2.63. The number of nitrogens with one attached hydrogen (secondary N) is 1. The highest BCUT2D eigenvalue weighted by molar-refractivity contribution is 6.30. The molecule has 1 rings (SSSR count). The second kappa shape index (κ2) is 4.89. The van der Waals surface area contributed by atoms with Crippen LogP contribution in [0.25, 0.3) is 0 Å². The fourth-order valence-corrected chi connectivity index (χ4v) is 1.65. The van der Waals surface area contributed by atoms with Gasteiger partial charge in [0.1, 0.15) is 11.9 Å². The van der Waals surface area contributed by atoms with Crippen LogP contribution in [0.3, 0.4) is 0 Å². The van der Waals surface area contributed by atoms with Crippen LogP contribution in [0.1, 0.15) is 25.5 Å². The second-order valence-corrected chi connectivity index (χ2v) is 4.60. The number of carbonyl (C=O) groups is 1. The number of aliphatic hydroxyl groups is 1. The number of halogens is 2. The molecule has 1 aromatic rings. The molecule has 0 aliphatic carbocycles. The molecule has 1 amide bonds. The zero-order valence-electron chi connectivity index (χ0n) is 9.37. The monoisotopic (exact) mass is 261 g/mol. The molecule has 0 saturated carbocycles. The fourth-order valence-electron chi connectivity index (χ4n) is 1.46. The van der Waals surface area contributed by atoms with Crippen LogP contribution in [0.5, 0.6) is 0 Å². The molecule has 94 valence electrons. The average Bonchev–Trinajstić information content (AvgIpc) is 2.19. The molecule has 0 aliphatic heterocycles. The smallest absolute Gasteiger partial charge is 0.405 e. The maximum absolute atomic E-state index is 13.7. The van der Waals surface area contributed by atoms with E-state index in [1.54, 1.807) is 0 Å². The van der Waals surface area contributed by atoms with Crippen molar-refractivity contribution in [3.8, 4) is 0 Å². The number of carboxylic acid groups (broad SMARTS) is 1. The minimum Gasteiger partial charge on any atom is -0.465 e. The van der Waals surface area contributed by atoms with Crippen molar-refractivity contribution in [3.05, 3.63) is 34.6 Å². The standard InChI is InChI=1S/C11H13ClFNO3/c1-11(2,14-10(16)17)9(15)6-4-3-5-7(12)8(6)13/h3-5,9,14-15H,1-2H3,(H,16,17). The summed E-state index contributed by atoms with van der Waals surface area (Å²) in [5.74, 6) is -0.748. The van der Waals surface area contributed by atoms with E-state index in [0.29, 0.717) is 0 Å². The molecular formula is C11H13ClFNO3. The Hall–Kier alpha value is -1.33. The molecule has 1 atom stereocenters. The SMILES string of the molecule is CC(C)(NC(=O)O)C(O)c1cccc(Cl)c1F. The van der Waals surface area contributed by atoms with E-state index in [1.165, 1.54) is 32.0 Å². The van der Waals surface area contributed by atoms with Crippen molar-refractivity contribution in [2.45, 2.75) is 25.5 Å². The maximum atomic E-state index is 13.7. The summed E-state index contributed by atoms with van der Waals surface area (Å²) >= 11 is 5.59. The number of hydrogen-bond donors (Lipinski definition) is 3. The van der Waals surface area contributed by atoms with Gasteiger partial charge in [0, 0.05) is 5.56 Å². The molecule has 0 bridgehead atoms. The molecule has 4 nitrogen and oxygen atoms in total.